The Morgan fingerprint density at radius 2 is 2.25 bits per heavy atom. The summed E-state index contributed by atoms with van der Waals surface area (Å²) in [6, 6.07) is 7.29. The fraction of sp³-hybridized carbons (Fsp3) is 0.100. The number of nitrogens with two attached hydrogens (primary N) is 2. The van der Waals surface area contributed by atoms with Crippen LogP contribution in [0, 0.1) is 0 Å². The van der Waals surface area contributed by atoms with Gasteiger partial charge in [0.05, 0.1) is 6.42 Å². The van der Waals surface area contributed by atoms with E-state index in [9.17, 15) is 4.79 Å². The van der Waals surface area contributed by atoms with Crippen LogP contribution in [-0.2, 0) is 6.42 Å². The van der Waals surface area contributed by atoms with Crippen molar-refractivity contribution in [2.75, 3.05) is 5.73 Å². The average molecular weight is 218 g/mol. The van der Waals surface area contributed by atoms with Crippen molar-refractivity contribution in [3.8, 4) is 0 Å². The van der Waals surface area contributed by atoms with Gasteiger partial charge in [0.2, 0.25) is 5.89 Å². The van der Waals surface area contributed by atoms with E-state index in [-0.39, 0.29) is 5.82 Å². The van der Waals surface area contributed by atoms with Crippen LogP contribution in [-0.4, -0.2) is 16.0 Å². The Kier molecular flexibility index (Phi) is 2.55. The monoisotopic (exact) mass is 218 g/mol. The molecule has 4 N–H and O–H groups in total. The maximum atomic E-state index is 10.7. The van der Waals surface area contributed by atoms with Gasteiger partial charge in [0.25, 0.3) is 11.7 Å². The summed E-state index contributed by atoms with van der Waals surface area (Å²) in [5.74, 6) is -0.485. The third-order valence-electron chi connectivity index (χ3n) is 1.99. The molecular weight excluding hydrogens is 208 g/mol. The number of hydrogen-bond donors (Lipinski definition) is 2. The van der Waals surface area contributed by atoms with Crippen molar-refractivity contribution in [2.45, 2.75) is 6.42 Å². The molecule has 2 rings (SSSR count). The second kappa shape index (κ2) is 4.01. The van der Waals surface area contributed by atoms with Crippen LogP contribution in [0.25, 0.3) is 0 Å². The van der Waals surface area contributed by atoms with E-state index in [1.54, 1.807) is 12.1 Å². The first-order chi connectivity index (χ1) is 7.65. The lowest BCUT2D eigenvalue weighted by Gasteiger charge is -1.97. The minimum absolute atomic E-state index is 0.112. The molecule has 0 atom stereocenters. The maximum Gasteiger partial charge on any atom is 0.290 e. The first-order valence-corrected chi connectivity index (χ1v) is 4.62. The van der Waals surface area contributed by atoms with Crippen molar-refractivity contribution < 1.29 is 9.32 Å². The van der Waals surface area contributed by atoms with Crippen molar-refractivity contribution in [1.82, 2.24) is 10.1 Å². The molecule has 1 heterocycles. The zero-order chi connectivity index (χ0) is 11.5. The molecule has 0 saturated heterocycles. The topological polar surface area (TPSA) is 108 Å². The highest BCUT2D eigenvalue weighted by Crippen LogP contribution is 2.11. The Morgan fingerprint density at radius 1 is 1.44 bits per heavy atom. The molecule has 1 amide bonds. The van der Waals surface area contributed by atoms with E-state index in [0.717, 1.165) is 5.56 Å². The van der Waals surface area contributed by atoms with Crippen molar-refractivity contribution in [2.24, 2.45) is 5.73 Å². The summed E-state index contributed by atoms with van der Waals surface area (Å²) in [7, 11) is 0. The molecule has 0 unspecified atom stereocenters. The van der Waals surface area contributed by atoms with Gasteiger partial charge in [0.15, 0.2) is 0 Å². The smallest absolute Gasteiger partial charge is 0.290 e. The van der Waals surface area contributed by atoms with Crippen LogP contribution in [0.3, 0.4) is 0 Å². The van der Waals surface area contributed by atoms with Gasteiger partial charge in [-0.3, -0.25) is 4.79 Å². The molecule has 1 aromatic heterocycles. The van der Waals surface area contributed by atoms with Gasteiger partial charge in [0.1, 0.15) is 0 Å². The standard InChI is InChI=1S/C10H10N4O2/c11-7-3-1-2-6(4-7)5-8-13-10(9(12)15)14-16-8/h1-4H,5,11H2,(H2,12,15). The summed E-state index contributed by atoms with van der Waals surface area (Å²) < 4.78 is 4.87. The molecular formula is C10H10N4O2. The normalized spacial score (nSPS) is 10.2. The molecule has 6 nitrogen and oxygen atoms in total. The summed E-state index contributed by atoms with van der Waals surface area (Å²) in [5, 5.41) is 3.44. The molecule has 82 valence electrons. The average Bonchev–Trinajstić information content (AvgIpc) is 2.66. The Hall–Kier alpha value is -2.37. The summed E-state index contributed by atoms with van der Waals surface area (Å²) in [4.78, 5) is 14.6. The van der Waals surface area contributed by atoms with Crippen LogP contribution < -0.4 is 11.5 Å². The van der Waals surface area contributed by atoms with Crippen molar-refractivity contribution in [3.05, 3.63) is 41.5 Å². The van der Waals surface area contributed by atoms with Gasteiger partial charge in [-0.1, -0.05) is 17.3 Å². The number of amides is 1. The fourth-order valence-corrected chi connectivity index (χ4v) is 1.30. The number of anilines is 1. The van der Waals surface area contributed by atoms with E-state index in [1.807, 2.05) is 12.1 Å². The minimum atomic E-state index is -0.706. The number of benzene rings is 1. The number of rotatable bonds is 3. The SMILES string of the molecule is NC(=O)c1noc(Cc2cccc(N)c2)n1. The molecule has 0 aliphatic rings. The molecule has 6 heteroatoms. The minimum Gasteiger partial charge on any atom is -0.399 e. The lowest BCUT2D eigenvalue weighted by Crippen LogP contribution is -2.12. The van der Waals surface area contributed by atoms with Crippen LogP contribution in [0.4, 0.5) is 5.69 Å². The van der Waals surface area contributed by atoms with Crippen molar-refractivity contribution >= 4 is 11.6 Å². The van der Waals surface area contributed by atoms with Crippen LogP contribution in [0.2, 0.25) is 0 Å². The van der Waals surface area contributed by atoms with Gasteiger partial charge >= 0.3 is 0 Å². The van der Waals surface area contributed by atoms with Gasteiger partial charge in [-0.05, 0) is 17.7 Å². The van der Waals surface area contributed by atoms with Crippen molar-refractivity contribution in [3.63, 3.8) is 0 Å². The molecule has 1 aromatic carbocycles. The molecule has 0 radical (unpaired) electrons. The number of nitrogens with zero attached hydrogens (tertiary/aromatic N) is 2. The lowest BCUT2D eigenvalue weighted by atomic mass is 10.1. The second-order valence-electron chi connectivity index (χ2n) is 3.30. The van der Waals surface area contributed by atoms with E-state index in [1.165, 1.54) is 0 Å². The van der Waals surface area contributed by atoms with E-state index in [4.69, 9.17) is 16.0 Å². The van der Waals surface area contributed by atoms with E-state index in [0.29, 0.717) is 18.0 Å². The first kappa shape index (κ1) is 10.2. The van der Waals surface area contributed by atoms with Gasteiger partial charge in [-0.15, -0.1) is 0 Å². The summed E-state index contributed by atoms with van der Waals surface area (Å²) in [6.07, 6.45) is 0.422. The molecule has 0 bridgehead atoms. The van der Waals surface area contributed by atoms with E-state index < -0.39 is 5.91 Å². The van der Waals surface area contributed by atoms with Crippen LogP contribution >= 0.6 is 0 Å². The van der Waals surface area contributed by atoms with Crippen LogP contribution in [0.5, 0.6) is 0 Å². The number of aromatic nitrogens is 2. The van der Waals surface area contributed by atoms with E-state index >= 15 is 0 Å². The number of primary amides is 1. The highest BCUT2D eigenvalue weighted by atomic mass is 16.5. The Balaban J connectivity index is 2.17. The molecule has 0 aliphatic heterocycles. The molecule has 0 fully saturated rings. The predicted octanol–water partition coefficient (Wildman–Crippen LogP) is 0.341. The number of carbonyl (C=O) groups is 1. The van der Waals surface area contributed by atoms with Gasteiger partial charge in [-0.25, -0.2) is 0 Å². The zero-order valence-corrected chi connectivity index (χ0v) is 8.38. The van der Waals surface area contributed by atoms with Crippen LogP contribution in [0.15, 0.2) is 28.8 Å². The molecule has 2 aromatic rings. The molecule has 16 heavy (non-hydrogen) atoms. The molecule has 0 aliphatic carbocycles. The van der Waals surface area contributed by atoms with Gasteiger partial charge in [0, 0.05) is 5.69 Å². The van der Waals surface area contributed by atoms with E-state index in [2.05, 4.69) is 10.1 Å². The number of hydrogen-bond acceptors (Lipinski definition) is 5. The number of nitrogen functional groups attached to an aromatic ring is 1. The fourth-order valence-electron chi connectivity index (χ4n) is 1.30. The maximum absolute atomic E-state index is 10.7. The first-order valence-electron chi connectivity index (χ1n) is 4.62. The quantitative estimate of drug-likeness (QED) is 0.722. The summed E-state index contributed by atoms with van der Waals surface area (Å²) in [5.41, 5.74) is 12.2. The van der Waals surface area contributed by atoms with Gasteiger partial charge < -0.3 is 16.0 Å². The second-order valence-corrected chi connectivity index (χ2v) is 3.30. The molecule has 0 saturated carbocycles. The third kappa shape index (κ3) is 2.17. The van der Waals surface area contributed by atoms with Crippen molar-refractivity contribution in [1.29, 1.82) is 0 Å². The predicted molar refractivity (Wildman–Crippen MR) is 56.5 cm³/mol. The zero-order valence-electron chi connectivity index (χ0n) is 8.38. The Labute approximate surface area is 91.2 Å². The largest absolute Gasteiger partial charge is 0.399 e. The third-order valence-corrected chi connectivity index (χ3v) is 1.99. The van der Waals surface area contributed by atoms with Crippen LogP contribution in [0.1, 0.15) is 22.1 Å². The summed E-state index contributed by atoms with van der Waals surface area (Å²) >= 11 is 0. The lowest BCUT2D eigenvalue weighted by molar-refractivity contribution is 0.0987. The highest BCUT2D eigenvalue weighted by molar-refractivity contribution is 5.88. The Bertz CT molecular complexity index is 521. The highest BCUT2D eigenvalue weighted by Gasteiger charge is 2.11. The van der Waals surface area contributed by atoms with Gasteiger partial charge in [-0.2, -0.15) is 4.98 Å². The Morgan fingerprint density at radius 3 is 2.88 bits per heavy atom. The molecule has 0 spiro atoms. The summed E-state index contributed by atoms with van der Waals surface area (Å²) in [6.45, 7) is 0. The number of carbonyl (C=O) groups excluding carboxylic acids is 1.